The maximum absolute atomic E-state index is 13.1. The highest BCUT2D eigenvalue weighted by atomic mass is 32.2. The topological polar surface area (TPSA) is 85.4 Å². The molecular weight excluding hydrogens is 408 g/mol. The van der Waals surface area contributed by atoms with E-state index < -0.39 is 10.0 Å². The van der Waals surface area contributed by atoms with Crippen LogP contribution in [0, 0.1) is 0 Å². The average molecular weight is 432 g/mol. The van der Waals surface area contributed by atoms with Gasteiger partial charge in [0.1, 0.15) is 11.5 Å². The molecule has 1 amide bonds. The molecule has 160 valence electrons. The molecule has 2 atom stereocenters. The van der Waals surface area contributed by atoms with Crippen molar-refractivity contribution >= 4 is 15.9 Å². The molecule has 2 unspecified atom stereocenters. The van der Waals surface area contributed by atoms with Gasteiger partial charge in [-0.3, -0.25) is 4.79 Å². The lowest BCUT2D eigenvalue weighted by molar-refractivity contribution is -0.113. The van der Waals surface area contributed by atoms with E-state index in [1.165, 1.54) is 11.4 Å². The zero-order valence-electron chi connectivity index (χ0n) is 16.9. The third-order valence-corrected chi connectivity index (χ3v) is 7.21. The van der Waals surface area contributed by atoms with Gasteiger partial charge in [0.25, 0.3) is 5.91 Å². The molecule has 0 aromatic heterocycles. The number of hydrogen-bond donors (Lipinski definition) is 0. The Labute approximate surface area is 176 Å². The molecule has 0 radical (unpaired) electrons. The van der Waals surface area contributed by atoms with E-state index in [2.05, 4.69) is 0 Å². The van der Waals surface area contributed by atoms with Crippen molar-refractivity contribution in [3.05, 3.63) is 54.1 Å². The number of hydrogen-bond acceptors (Lipinski definition) is 6. The first-order chi connectivity index (χ1) is 14.4. The van der Waals surface area contributed by atoms with E-state index in [1.54, 1.807) is 60.5 Å². The first-order valence-corrected chi connectivity index (χ1v) is 11.1. The summed E-state index contributed by atoms with van der Waals surface area (Å²) in [7, 11) is -0.538. The van der Waals surface area contributed by atoms with Gasteiger partial charge in [0.2, 0.25) is 10.0 Å². The number of nitrogens with zero attached hydrogens (tertiary/aromatic N) is 2. The first kappa shape index (κ1) is 20.6. The number of carbonyl (C=O) groups is 1. The molecule has 2 aromatic carbocycles. The van der Waals surface area contributed by atoms with E-state index in [0.717, 1.165) is 0 Å². The first-order valence-electron chi connectivity index (χ1n) is 9.63. The monoisotopic (exact) mass is 432 g/mol. The van der Waals surface area contributed by atoms with Crippen molar-refractivity contribution < 1.29 is 27.4 Å². The van der Waals surface area contributed by atoms with Crippen LogP contribution < -0.4 is 9.47 Å². The molecule has 4 rings (SSSR count). The molecule has 2 bridgehead atoms. The second-order valence-electron chi connectivity index (χ2n) is 7.32. The van der Waals surface area contributed by atoms with Crippen LogP contribution in [-0.2, 0) is 14.8 Å². The van der Waals surface area contributed by atoms with E-state index in [0.29, 0.717) is 30.2 Å². The third-order valence-electron chi connectivity index (χ3n) is 5.37. The second-order valence-corrected chi connectivity index (χ2v) is 9.25. The number of carbonyl (C=O) groups excluding carboxylic acids is 1. The fourth-order valence-electron chi connectivity index (χ4n) is 3.83. The van der Waals surface area contributed by atoms with Crippen LogP contribution in [-0.4, -0.2) is 76.1 Å². The van der Waals surface area contributed by atoms with Gasteiger partial charge in [0, 0.05) is 31.7 Å². The van der Waals surface area contributed by atoms with Gasteiger partial charge in [-0.25, -0.2) is 8.42 Å². The van der Waals surface area contributed by atoms with E-state index >= 15 is 0 Å². The largest absolute Gasteiger partial charge is 0.497 e. The lowest BCUT2D eigenvalue weighted by atomic mass is 10.1. The Morgan fingerprint density at radius 3 is 1.87 bits per heavy atom. The van der Waals surface area contributed by atoms with Crippen molar-refractivity contribution in [2.24, 2.45) is 0 Å². The Hall–Kier alpha value is -2.62. The van der Waals surface area contributed by atoms with Crippen LogP contribution in [0.4, 0.5) is 0 Å². The summed E-state index contributed by atoms with van der Waals surface area (Å²) >= 11 is 0. The lowest BCUT2D eigenvalue weighted by Gasteiger charge is -2.45. The van der Waals surface area contributed by atoms with Gasteiger partial charge in [0.05, 0.1) is 31.3 Å². The van der Waals surface area contributed by atoms with Crippen LogP contribution in [0.5, 0.6) is 11.5 Å². The number of morpholine rings is 2. The van der Waals surface area contributed by atoms with Gasteiger partial charge < -0.3 is 19.1 Å². The zero-order valence-corrected chi connectivity index (χ0v) is 17.7. The summed E-state index contributed by atoms with van der Waals surface area (Å²) in [5.41, 5.74) is 0.568. The van der Waals surface area contributed by atoms with E-state index in [9.17, 15) is 13.2 Å². The fraction of sp³-hybridized carbons (Fsp3) is 0.381. The normalized spacial score (nSPS) is 21.9. The minimum Gasteiger partial charge on any atom is -0.497 e. The number of fused-ring (bicyclic) bond motifs is 2. The van der Waals surface area contributed by atoms with Crippen LogP contribution in [0.15, 0.2) is 53.4 Å². The maximum atomic E-state index is 13.1. The van der Waals surface area contributed by atoms with E-state index in [1.807, 2.05) is 0 Å². The van der Waals surface area contributed by atoms with Gasteiger partial charge in [-0.15, -0.1) is 0 Å². The molecule has 9 heteroatoms. The highest BCUT2D eigenvalue weighted by Crippen LogP contribution is 2.27. The third kappa shape index (κ3) is 4.00. The zero-order chi connectivity index (χ0) is 21.3. The minimum atomic E-state index is -3.65. The molecule has 2 fully saturated rings. The van der Waals surface area contributed by atoms with Gasteiger partial charge in [0.15, 0.2) is 0 Å². The number of benzene rings is 2. The SMILES string of the molecule is COc1ccc(C(=O)N2CC3CN(S(=O)(=O)c4ccc(OC)cc4)CC(C2)O3)cc1. The summed E-state index contributed by atoms with van der Waals surface area (Å²) in [6.45, 7) is 1.10. The Balaban J connectivity index is 1.46. The molecule has 2 aliphatic heterocycles. The Bertz CT molecular complexity index is 993. The molecule has 0 saturated carbocycles. The van der Waals surface area contributed by atoms with E-state index in [-0.39, 0.29) is 36.1 Å². The van der Waals surface area contributed by atoms with Crippen LogP contribution in [0.3, 0.4) is 0 Å². The molecule has 0 N–H and O–H groups in total. The van der Waals surface area contributed by atoms with Crippen molar-refractivity contribution in [3.63, 3.8) is 0 Å². The van der Waals surface area contributed by atoms with Crippen molar-refractivity contribution in [1.82, 2.24) is 9.21 Å². The van der Waals surface area contributed by atoms with Crippen LogP contribution in [0.25, 0.3) is 0 Å². The molecule has 8 nitrogen and oxygen atoms in total. The van der Waals surface area contributed by atoms with Gasteiger partial charge in [-0.05, 0) is 48.5 Å². The highest BCUT2D eigenvalue weighted by molar-refractivity contribution is 7.89. The standard InChI is InChI=1S/C21H24N2O6S/c1-27-16-5-3-15(4-6-16)21(24)22-11-18-13-23(14-19(12-22)29-18)30(25,26)20-9-7-17(28-2)8-10-20/h3-10,18-19H,11-14H2,1-2H3. The molecular formula is C21H24N2O6S. The highest BCUT2D eigenvalue weighted by Gasteiger charge is 2.41. The number of methoxy groups -OCH3 is 2. The Morgan fingerprint density at radius 1 is 0.867 bits per heavy atom. The van der Waals surface area contributed by atoms with Crippen LogP contribution in [0.2, 0.25) is 0 Å². The maximum Gasteiger partial charge on any atom is 0.254 e. The summed E-state index contributed by atoms with van der Waals surface area (Å²) in [6, 6.07) is 13.3. The second kappa shape index (κ2) is 8.25. The van der Waals surface area contributed by atoms with Gasteiger partial charge in [-0.2, -0.15) is 4.31 Å². The van der Waals surface area contributed by atoms with Gasteiger partial charge >= 0.3 is 0 Å². The summed E-state index contributed by atoms with van der Waals surface area (Å²) in [5.74, 6) is 1.19. The van der Waals surface area contributed by atoms with Gasteiger partial charge in [-0.1, -0.05) is 0 Å². The summed E-state index contributed by atoms with van der Waals surface area (Å²) in [5, 5.41) is 0. The number of rotatable bonds is 5. The summed E-state index contributed by atoms with van der Waals surface area (Å²) < 4.78 is 43.7. The summed E-state index contributed by atoms with van der Waals surface area (Å²) in [6.07, 6.45) is -0.736. The molecule has 30 heavy (non-hydrogen) atoms. The van der Waals surface area contributed by atoms with Crippen molar-refractivity contribution in [3.8, 4) is 11.5 Å². The minimum absolute atomic E-state index is 0.0950. The van der Waals surface area contributed by atoms with Crippen LogP contribution in [0.1, 0.15) is 10.4 Å². The fourth-order valence-corrected chi connectivity index (χ4v) is 5.33. The van der Waals surface area contributed by atoms with Crippen molar-refractivity contribution in [2.45, 2.75) is 17.1 Å². The number of amides is 1. The molecule has 0 spiro atoms. The molecule has 2 aromatic rings. The van der Waals surface area contributed by atoms with E-state index in [4.69, 9.17) is 14.2 Å². The Morgan fingerprint density at radius 2 is 1.37 bits per heavy atom. The predicted octanol–water partition coefficient (Wildman–Crippen LogP) is 1.62. The molecule has 0 aliphatic carbocycles. The molecule has 2 saturated heterocycles. The Kier molecular flexibility index (Phi) is 5.68. The van der Waals surface area contributed by atoms with Crippen molar-refractivity contribution in [2.75, 3.05) is 40.4 Å². The van der Waals surface area contributed by atoms with Crippen LogP contribution >= 0.6 is 0 Å². The predicted molar refractivity (Wildman–Crippen MR) is 109 cm³/mol. The quantitative estimate of drug-likeness (QED) is 0.714. The average Bonchev–Trinajstić information content (AvgIpc) is 2.78. The molecule has 2 heterocycles. The smallest absolute Gasteiger partial charge is 0.254 e. The molecule has 2 aliphatic rings. The lowest BCUT2D eigenvalue weighted by Crippen LogP contribution is -2.61. The number of sulfonamides is 1. The van der Waals surface area contributed by atoms with Crippen molar-refractivity contribution in [1.29, 1.82) is 0 Å². The number of ether oxygens (including phenoxy) is 3. The summed E-state index contributed by atoms with van der Waals surface area (Å²) in [4.78, 5) is 14.8.